The molecule has 1 fully saturated rings. The van der Waals surface area contributed by atoms with Gasteiger partial charge >= 0.3 is 5.97 Å². The number of carbonyl (C=O) groups excluding carboxylic acids is 1. The summed E-state index contributed by atoms with van der Waals surface area (Å²) < 4.78 is 10.7. The van der Waals surface area contributed by atoms with E-state index < -0.39 is 5.41 Å². The number of nitrogens with two attached hydrogens (primary N) is 1. The standard InChI is InChI=1S/C13H25NO3/c1-3-4-11(2)9-17-12(15)13(10-14)5-7-16-8-6-13/h11H,3-10,14H2,1-2H3. The van der Waals surface area contributed by atoms with Gasteiger partial charge in [0.2, 0.25) is 0 Å². The summed E-state index contributed by atoms with van der Waals surface area (Å²) in [5.41, 5.74) is 5.25. The fraction of sp³-hybridized carbons (Fsp3) is 0.923. The molecule has 1 aliphatic rings. The zero-order valence-electron chi connectivity index (χ0n) is 11.0. The molecule has 100 valence electrons. The summed E-state index contributed by atoms with van der Waals surface area (Å²) in [6, 6.07) is 0. The second-order valence-electron chi connectivity index (χ2n) is 5.09. The first-order chi connectivity index (χ1) is 8.14. The van der Waals surface area contributed by atoms with Gasteiger partial charge in [-0.2, -0.15) is 0 Å². The second kappa shape index (κ2) is 6.97. The third-order valence-corrected chi connectivity index (χ3v) is 3.55. The summed E-state index contributed by atoms with van der Waals surface area (Å²) >= 11 is 0. The minimum atomic E-state index is -0.496. The topological polar surface area (TPSA) is 61.5 Å². The van der Waals surface area contributed by atoms with Crippen molar-refractivity contribution in [3.63, 3.8) is 0 Å². The molecule has 0 spiro atoms. The van der Waals surface area contributed by atoms with Gasteiger partial charge < -0.3 is 15.2 Å². The minimum Gasteiger partial charge on any atom is -0.465 e. The van der Waals surface area contributed by atoms with Gasteiger partial charge in [-0.1, -0.05) is 20.3 Å². The van der Waals surface area contributed by atoms with Crippen molar-refractivity contribution in [3.8, 4) is 0 Å². The maximum absolute atomic E-state index is 12.1. The predicted octanol–water partition coefficient (Wildman–Crippen LogP) is 1.72. The first-order valence-corrected chi connectivity index (χ1v) is 6.59. The first-order valence-electron chi connectivity index (χ1n) is 6.59. The van der Waals surface area contributed by atoms with Crippen molar-refractivity contribution in [1.82, 2.24) is 0 Å². The van der Waals surface area contributed by atoms with E-state index in [0.29, 0.717) is 45.1 Å². The van der Waals surface area contributed by atoms with Gasteiger partial charge in [-0.3, -0.25) is 4.79 Å². The van der Waals surface area contributed by atoms with Gasteiger partial charge in [0.05, 0.1) is 12.0 Å². The lowest BCUT2D eigenvalue weighted by atomic mass is 9.80. The molecule has 1 rings (SSSR count). The number of carbonyl (C=O) groups is 1. The molecule has 1 heterocycles. The van der Waals surface area contributed by atoms with E-state index >= 15 is 0 Å². The van der Waals surface area contributed by atoms with Crippen LogP contribution in [-0.2, 0) is 14.3 Å². The highest BCUT2D eigenvalue weighted by Crippen LogP contribution is 2.31. The smallest absolute Gasteiger partial charge is 0.313 e. The number of rotatable bonds is 6. The summed E-state index contributed by atoms with van der Waals surface area (Å²) in [4.78, 5) is 12.1. The molecule has 1 saturated heterocycles. The molecule has 0 aromatic rings. The van der Waals surface area contributed by atoms with Gasteiger partial charge in [0, 0.05) is 19.8 Å². The molecule has 17 heavy (non-hydrogen) atoms. The van der Waals surface area contributed by atoms with E-state index in [4.69, 9.17) is 15.2 Å². The van der Waals surface area contributed by atoms with Crippen molar-refractivity contribution in [2.75, 3.05) is 26.4 Å². The Balaban J connectivity index is 2.43. The van der Waals surface area contributed by atoms with Crippen LogP contribution in [0.4, 0.5) is 0 Å². The lowest BCUT2D eigenvalue weighted by molar-refractivity contribution is -0.162. The highest BCUT2D eigenvalue weighted by molar-refractivity contribution is 5.77. The summed E-state index contributed by atoms with van der Waals surface area (Å²) in [6.45, 7) is 6.33. The van der Waals surface area contributed by atoms with Gasteiger partial charge in [-0.05, 0) is 25.2 Å². The third kappa shape index (κ3) is 3.96. The molecule has 0 radical (unpaired) electrons. The van der Waals surface area contributed by atoms with Crippen molar-refractivity contribution in [2.24, 2.45) is 17.1 Å². The van der Waals surface area contributed by atoms with Crippen molar-refractivity contribution >= 4 is 5.97 Å². The molecule has 1 atom stereocenters. The van der Waals surface area contributed by atoms with E-state index in [1.165, 1.54) is 0 Å². The lowest BCUT2D eigenvalue weighted by Gasteiger charge is -2.33. The summed E-state index contributed by atoms with van der Waals surface area (Å²) in [5.74, 6) is 0.296. The Morgan fingerprint density at radius 1 is 1.47 bits per heavy atom. The van der Waals surface area contributed by atoms with Crippen molar-refractivity contribution in [2.45, 2.75) is 39.5 Å². The number of esters is 1. The highest BCUT2D eigenvalue weighted by Gasteiger charge is 2.40. The molecule has 4 nitrogen and oxygen atoms in total. The van der Waals surface area contributed by atoms with E-state index in [2.05, 4.69) is 13.8 Å². The third-order valence-electron chi connectivity index (χ3n) is 3.55. The first kappa shape index (κ1) is 14.5. The predicted molar refractivity (Wildman–Crippen MR) is 66.6 cm³/mol. The molecule has 0 aromatic carbocycles. The molecule has 0 saturated carbocycles. The summed E-state index contributed by atoms with van der Waals surface area (Å²) in [7, 11) is 0. The lowest BCUT2D eigenvalue weighted by Crippen LogP contribution is -2.44. The molecule has 2 N–H and O–H groups in total. The van der Waals surface area contributed by atoms with Gasteiger partial charge in [-0.15, -0.1) is 0 Å². The molecule has 0 amide bonds. The van der Waals surface area contributed by atoms with Gasteiger partial charge in [-0.25, -0.2) is 0 Å². The van der Waals surface area contributed by atoms with Crippen LogP contribution < -0.4 is 5.73 Å². The van der Waals surface area contributed by atoms with E-state index in [0.717, 1.165) is 12.8 Å². The van der Waals surface area contributed by atoms with Gasteiger partial charge in [0.25, 0.3) is 0 Å². The second-order valence-corrected chi connectivity index (χ2v) is 5.09. The zero-order chi connectivity index (χ0) is 12.7. The SMILES string of the molecule is CCCC(C)COC(=O)C1(CN)CCOCC1. The number of hydrogen-bond donors (Lipinski definition) is 1. The van der Waals surface area contributed by atoms with E-state index in [-0.39, 0.29) is 5.97 Å². The van der Waals surface area contributed by atoms with Crippen LogP contribution in [0.2, 0.25) is 0 Å². The number of ether oxygens (including phenoxy) is 2. The Hall–Kier alpha value is -0.610. The molecular weight excluding hydrogens is 218 g/mol. The largest absolute Gasteiger partial charge is 0.465 e. The van der Waals surface area contributed by atoms with Gasteiger partial charge in [0.1, 0.15) is 0 Å². The van der Waals surface area contributed by atoms with Crippen molar-refractivity contribution in [3.05, 3.63) is 0 Å². The molecule has 0 bridgehead atoms. The van der Waals surface area contributed by atoms with Crippen LogP contribution in [0.3, 0.4) is 0 Å². The van der Waals surface area contributed by atoms with Crippen molar-refractivity contribution in [1.29, 1.82) is 0 Å². The summed E-state index contributed by atoms with van der Waals surface area (Å²) in [5, 5.41) is 0. The van der Waals surface area contributed by atoms with Gasteiger partial charge in [0.15, 0.2) is 0 Å². The Morgan fingerprint density at radius 2 is 2.12 bits per heavy atom. The fourth-order valence-electron chi connectivity index (χ4n) is 2.20. The average Bonchev–Trinajstić information content (AvgIpc) is 2.37. The van der Waals surface area contributed by atoms with Crippen LogP contribution >= 0.6 is 0 Å². The van der Waals surface area contributed by atoms with Crippen LogP contribution in [0, 0.1) is 11.3 Å². The van der Waals surface area contributed by atoms with E-state index in [1.54, 1.807) is 0 Å². The monoisotopic (exact) mass is 243 g/mol. The zero-order valence-corrected chi connectivity index (χ0v) is 11.0. The summed E-state index contributed by atoms with van der Waals surface area (Å²) in [6.07, 6.45) is 3.58. The maximum atomic E-state index is 12.1. The maximum Gasteiger partial charge on any atom is 0.313 e. The quantitative estimate of drug-likeness (QED) is 0.722. The molecule has 1 aliphatic heterocycles. The van der Waals surface area contributed by atoms with E-state index in [1.807, 2.05) is 0 Å². The Morgan fingerprint density at radius 3 is 2.65 bits per heavy atom. The Bertz CT molecular complexity index is 237. The van der Waals surface area contributed by atoms with Crippen LogP contribution in [0.1, 0.15) is 39.5 Å². The molecule has 0 aliphatic carbocycles. The van der Waals surface area contributed by atoms with E-state index in [9.17, 15) is 4.79 Å². The van der Waals surface area contributed by atoms with Crippen LogP contribution in [0.25, 0.3) is 0 Å². The normalized spacial score (nSPS) is 20.9. The van der Waals surface area contributed by atoms with Crippen LogP contribution in [-0.4, -0.2) is 32.3 Å². The highest BCUT2D eigenvalue weighted by atomic mass is 16.5. The van der Waals surface area contributed by atoms with Crippen LogP contribution in [0.5, 0.6) is 0 Å². The average molecular weight is 243 g/mol. The molecular formula is C13H25NO3. The molecule has 1 unspecified atom stereocenters. The van der Waals surface area contributed by atoms with Crippen molar-refractivity contribution < 1.29 is 14.3 Å². The fourth-order valence-corrected chi connectivity index (χ4v) is 2.20. The molecule has 4 heteroatoms. The number of hydrogen-bond acceptors (Lipinski definition) is 4. The Labute approximate surface area is 104 Å². The minimum absolute atomic E-state index is 0.133. The molecule has 0 aromatic heterocycles. The van der Waals surface area contributed by atoms with Crippen LogP contribution in [0.15, 0.2) is 0 Å². The Kier molecular flexibility index (Phi) is 5.92.